The molecule has 0 amide bonds. The number of hydrogen-bond acceptors (Lipinski definition) is 1. The van der Waals surface area contributed by atoms with E-state index in [-0.39, 0.29) is 0 Å². The number of hydrogen-bond donors (Lipinski definition) is 1. The van der Waals surface area contributed by atoms with Gasteiger partial charge in [-0.05, 0) is 58.5 Å². The standard InChI is InChI=1S/C15H22IN/c1-15(9-3-2-4-10-15)12-17-11-13-5-7-14(16)8-6-13/h5-8,17H,2-4,9-12H2,1H3. The van der Waals surface area contributed by atoms with Gasteiger partial charge in [-0.2, -0.15) is 0 Å². The van der Waals surface area contributed by atoms with Crippen molar-refractivity contribution in [2.24, 2.45) is 5.41 Å². The van der Waals surface area contributed by atoms with Crippen molar-refractivity contribution in [3.05, 3.63) is 33.4 Å². The molecule has 1 aromatic carbocycles. The number of benzene rings is 1. The molecule has 0 spiro atoms. The molecule has 1 saturated carbocycles. The summed E-state index contributed by atoms with van der Waals surface area (Å²) in [5.74, 6) is 0. The largest absolute Gasteiger partial charge is 0.312 e. The fourth-order valence-corrected chi connectivity index (χ4v) is 3.05. The molecule has 0 atom stereocenters. The molecule has 2 rings (SSSR count). The average molecular weight is 343 g/mol. The van der Waals surface area contributed by atoms with Crippen LogP contribution in [-0.2, 0) is 6.54 Å². The molecule has 0 saturated heterocycles. The number of rotatable bonds is 4. The van der Waals surface area contributed by atoms with Crippen molar-refractivity contribution in [1.82, 2.24) is 5.32 Å². The third-order valence-corrected chi connectivity index (χ3v) is 4.57. The Morgan fingerprint density at radius 1 is 1.12 bits per heavy atom. The van der Waals surface area contributed by atoms with Gasteiger partial charge in [0.15, 0.2) is 0 Å². The Labute approximate surface area is 119 Å². The van der Waals surface area contributed by atoms with Crippen LogP contribution >= 0.6 is 22.6 Å². The van der Waals surface area contributed by atoms with Gasteiger partial charge < -0.3 is 5.32 Å². The molecule has 0 unspecified atom stereocenters. The normalized spacial score (nSPS) is 19.2. The van der Waals surface area contributed by atoms with E-state index in [1.54, 1.807) is 0 Å². The molecule has 1 fully saturated rings. The summed E-state index contributed by atoms with van der Waals surface area (Å²) in [7, 11) is 0. The summed E-state index contributed by atoms with van der Waals surface area (Å²) in [4.78, 5) is 0. The van der Waals surface area contributed by atoms with Gasteiger partial charge >= 0.3 is 0 Å². The average Bonchev–Trinajstić information content (AvgIpc) is 2.32. The summed E-state index contributed by atoms with van der Waals surface area (Å²) in [6, 6.07) is 8.80. The number of nitrogens with one attached hydrogen (secondary N) is 1. The zero-order valence-corrected chi connectivity index (χ0v) is 12.8. The van der Waals surface area contributed by atoms with Crippen LogP contribution in [0.1, 0.15) is 44.6 Å². The van der Waals surface area contributed by atoms with E-state index in [9.17, 15) is 0 Å². The quantitative estimate of drug-likeness (QED) is 0.802. The van der Waals surface area contributed by atoms with Crippen LogP contribution < -0.4 is 5.32 Å². The first-order chi connectivity index (χ1) is 8.18. The molecule has 1 N–H and O–H groups in total. The van der Waals surface area contributed by atoms with Crippen LogP contribution in [-0.4, -0.2) is 6.54 Å². The molecular formula is C15H22IN. The third kappa shape index (κ3) is 4.25. The lowest BCUT2D eigenvalue weighted by molar-refractivity contribution is 0.207. The molecule has 17 heavy (non-hydrogen) atoms. The van der Waals surface area contributed by atoms with Gasteiger partial charge in [0, 0.05) is 16.7 Å². The van der Waals surface area contributed by atoms with Gasteiger partial charge in [0.05, 0.1) is 0 Å². The maximum absolute atomic E-state index is 3.63. The van der Waals surface area contributed by atoms with E-state index >= 15 is 0 Å². The topological polar surface area (TPSA) is 12.0 Å². The van der Waals surface area contributed by atoms with Crippen molar-refractivity contribution in [1.29, 1.82) is 0 Å². The van der Waals surface area contributed by atoms with E-state index in [0.29, 0.717) is 5.41 Å². The predicted molar refractivity (Wildman–Crippen MR) is 82.1 cm³/mol. The lowest BCUT2D eigenvalue weighted by atomic mass is 9.76. The van der Waals surface area contributed by atoms with Crippen LogP contribution in [0.5, 0.6) is 0 Å². The molecule has 0 bridgehead atoms. The molecule has 0 aromatic heterocycles. The molecule has 0 heterocycles. The Bertz CT molecular complexity index is 338. The summed E-state index contributed by atoms with van der Waals surface area (Å²) in [6.07, 6.45) is 7.06. The summed E-state index contributed by atoms with van der Waals surface area (Å²) >= 11 is 2.35. The van der Waals surface area contributed by atoms with Crippen molar-refractivity contribution in [3.63, 3.8) is 0 Å². The fourth-order valence-electron chi connectivity index (χ4n) is 2.69. The van der Waals surface area contributed by atoms with E-state index in [2.05, 4.69) is 59.1 Å². The van der Waals surface area contributed by atoms with Gasteiger partial charge in [-0.3, -0.25) is 0 Å². The molecule has 1 nitrogen and oxygen atoms in total. The molecule has 2 heteroatoms. The minimum absolute atomic E-state index is 0.543. The SMILES string of the molecule is CC1(CNCc2ccc(I)cc2)CCCCC1. The molecular weight excluding hydrogens is 321 g/mol. The minimum Gasteiger partial charge on any atom is -0.312 e. The van der Waals surface area contributed by atoms with Crippen molar-refractivity contribution in [3.8, 4) is 0 Å². The second-order valence-electron chi connectivity index (χ2n) is 5.60. The van der Waals surface area contributed by atoms with E-state index in [1.807, 2.05) is 0 Å². The maximum Gasteiger partial charge on any atom is 0.0205 e. The first kappa shape index (κ1) is 13.3. The molecule has 0 aliphatic heterocycles. The molecule has 1 aliphatic carbocycles. The van der Waals surface area contributed by atoms with Crippen molar-refractivity contribution in [2.45, 2.75) is 45.6 Å². The van der Waals surface area contributed by atoms with Gasteiger partial charge in [0.2, 0.25) is 0 Å². The highest BCUT2D eigenvalue weighted by Crippen LogP contribution is 2.34. The molecule has 94 valence electrons. The van der Waals surface area contributed by atoms with Crippen molar-refractivity contribution < 1.29 is 0 Å². The van der Waals surface area contributed by atoms with Crippen LogP contribution in [0, 0.1) is 8.99 Å². The lowest BCUT2D eigenvalue weighted by Gasteiger charge is -2.33. The summed E-state index contributed by atoms with van der Waals surface area (Å²) < 4.78 is 1.31. The predicted octanol–water partition coefficient (Wildman–Crippen LogP) is 4.35. The summed E-state index contributed by atoms with van der Waals surface area (Å²) in [5, 5.41) is 3.63. The van der Waals surface area contributed by atoms with Crippen LogP contribution in [0.25, 0.3) is 0 Å². The van der Waals surface area contributed by atoms with Crippen molar-refractivity contribution in [2.75, 3.05) is 6.54 Å². The highest BCUT2D eigenvalue weighted by molar-refractivity contribution is 14.1. The van der Waals surface area contributed by atoms with Gasteiger partial charge in [-0.25, -0.2) is 0 Å². The van der Waals surface area contributed by atoms with Crippen LogP contribution in [0.15, 0.2) is 24.3 Å². The Morgan fingerprint density at radius 2 is 1.76 bits per heavy atom. The highest BCUT2D eigenvalue weighted by atomic mass is 127. The van der Waals surface area contributed by atoms with Gasteiger partial charge in [0.1, 0.15) is 0 Å². The van der Waals surface area contributed by atoms with E-state index in [4.69, 9.17) is 0 Å². The number of halogens is 1. The second-order valence-corrected chi connectivity index (χ2v) is 6.85. The highest BCUT2D eigenvalue weighted by Gasteiger charge is 2.25. The molecule has 1 aromatic rings. The Balaban J connectivity index is 1.77. The summed E-state index contributed by atoms with van der Waals surface area (Å²) in [5.41, 5.74) is 1.94. The Hall–Kier alpha value is -0.0900. The first-order valence-corrected chi connectivity index (χ1v) is 7.71. The molecule has 0 radical (unpaired) electrons. The lowest BCUT2D eigenvalue weighted by Crippen LogP contribution is -2.33. The Morgan fingerprint density at radius 3 is 2.41 bits per heavy atom. The Kier molecular flexibility index (Phi) is 4.86. The monoisotopic (exact) mass is 343 g/mol. The minimum atomic E-state index is 0.543. The summed E-state index contributed by atoms with van der Waals surface area (Å²) in [6.45, 7) is 4.61. The first-order valence-electron chi connectivity index (χ1n) is 6.63. The van der Waals surface area contributed by atoms with Crippen LogP contribution in [0.2, 0.25) is 0 Å². The van der Waals surface area contributed by atoms with E-state index < -0.39 is 0 Å². The third-order valence-electron chi connectivity index (χ3n) is 3.85. The maximum atomic E-state index is 3.63. The fraction of sp³-hybridized carbons (Fsp3) is 0.600. The zero-order valence-electron chi connectivity index (χ0n) is 10.6. The van der Waals surface area contributed by atoms with Crippen LogP contribution in [0.3, 0.4) is 0 Å². The van der Waals surface area contributed by atoms with Crippen molar-refractivity contribution >= 4 is 22.6 Å². The van der Waals surface area contributed by atoms with Gasteiger partial charge in [0.25, 0.3) is 0 Å². The zero-order chi connectivity index (χ0) is 12.1. The van der Waals surface area contributed by atoms with Crippen LogP contribution in [0.4, 0.5) is 0 Å². The van der Waals surface area contributed by atoms with Gasteiger partial charge in [-0.15, -0.1) is 0 Å². The smallest absolute Gasteiger partial charge is 0.0205 e. The van der Waals surface area contributed by atoms with Gasteiger partial charge in [-0.1, -0.05) is 38.3 Å². The van der Waals surface area contributed by atoms with E-state index in [0.717, 1.165) is 6.54 Å². The molecule has 1 aliphatic rings. The second kappa shape index (κ2) is 6.19. The van der Waals surface area contributed by atoms with E-state index in [1.165, 1.54) is 47.8 Å².